The quantitative estimate of drug-likeness (QED) is 0.706. The van der Waals surface area contributed by atoms with E-state index in [2.05, 4.69) is 5.32 Å². The van der Waals surface area contributed by atoms with E-state index < -0.39 is 11.6 Å². The van der Waals surface area contributed by atoms with Crippen molar-refractivity contribution in [3.63, 3.8) is 0 Å². The van der Waals surface area contributed by atoms with Gasteiger partial charge in [-0.15, -0.1) is 12.4 Å². The molecule has 0 heterocycles. The van der Waals surface area contributed by atoms with Gasteiger partial charge in [0.05, 0.1) is 19.1 Å². The molecule has 21 heavy (non-hydrogen) atoms. The number of carbonyl (C=O) groups excluding carboxylic acids is 1. The number of ether oxygens (including phenoxy) is 2. The van der Waals surface area contributed by atoms with Crippen molar-refractivity contribution in [2.75, 3.05) is 26.8 Å². The second-order valence-corrected chi connectivity index (χ2v) is 4.07. The number of halogens is 3. The lowest BCUT2D eigenvalue weighted by molar-refractivity contribution is -0.123. The fourth-order valence-corrected chi connectivity index (χ4v) is 1.47. The number of methoxy groups -OCH3 is 1. The predicted molar refractivity (Wildman–Crippen MR) is 76.6 cm³/mol. The molecule has 0 aliphatic heterocycles. The van der Waals surface area contributed by atoms with Crippen LogP contribution < -0.4 is 15.8 Å². The smallest absolute Gasteiger partial charge is 0.222 e. The highest BCUT2D eigenvalue weighted by molar-refractivity contribution is 5.85. The van der Waals surface area contributed by atoms with E-state index in [1.165, 1.54) is 13.2 Å². The van der Waals surface area contributed by atoms with E-state index in [9.17, 15) is 13.6 Å². The monoisotopic (exact) mass is 324 g/mol. The molecule has 0 saturated carbocycles. The molecule has 120 valence electrons. The minimum atomic E-state index is -0.975. The van der Waals surface area contributed by atoms with Gasteiger partial charge in [-0.05, 0) is 12.1 Å². The summed E-state index contributed by atoms with van der Waals surface area (Å²) in [6, 6.07) is 3.25. The molecule has 1 aromatic rings. The molecule has 0 fully saturated rings. The molecule has 8 heteroatoms. The van der Waals surface area contributed by atoms with E-state index in [1.54, 1.807) is 0 Å². The third-order valence-corrected chi connectivity index (χ3v) is 2.59. The lowest BCUT2D eigenvalue weighted by Gasteiger charge is -2.12. The summed E-state index contributed by atoms with van der Waals surface area (Å²) in [5.41, 5.74) is 5.39. The molecule has 0 radical (unpaired) electrons. The van der Waals surface area contributed by atoms with Crippen LogP contribution in [0.15, 0.2) is 18.2 Å². The van der Waals surface area contributed by atoms with Crippen LogP contribution in [0.2, 0.25) is 0 Å². The Labute approximate surface area is 128 Å². The van der Waals surface area contributed by atoms with Crippen molar-refractivity contribution in [3.8, 4) is 5.75 Å². The normalized spacial score (nSPS) is 11.4. The first kappa shape index (κ1) is 19.6. The Balaban J connectivity index is 0.00000400. The van der Waals surface area contributed by atoms with Crippen molar-refractivity contribution in [3.05, 3.63) is 29.8 Å². The molecule has 0 bridgehead atoms. The van der Waals surface area contributed by atoms with E-state index in [0.717, 1.165) is 12.1 Å². The first-order valence-corrected chi connectivity index (χ1v) is 6.14. The van der Waals surface area contributed by atoms with Crippen LogP contribution in [0.25, 0.3) is 0 Å². The molecule has 1 atom stereocenters. The van der Waals surface area contributed by atoms with Crippen molar-refractivity contribution in [2.24, 2.45) is 5.73 Å². The fraction of sp³-hybridized carbons (Fsp3) is 0.462. The summed E-state index contributed by atoms with van der Waals surface area (Å²) in [4.78, 5) is 11.5. The van der Waals surface area contributed by atoms with Gasteiger partial charge in [-0.1, -0.05) is 0 Å². The Hall–Kier alpha value is -1.44. The molecule has 3 N–H and O–H groups in total. The first-order valence-electron chi connectivity index (χ1n) is 6.14. The van der Waals surface area contributed by atoms with Gasteiger partial charge in [0.2, 0.25) is 5.91 Å². The molecule has 1 amide bonds. The molecular weight excluding hydrogens is 306 g/mol. The van der Waals surface area contributed by atoms with Crippen LogP contribution in [0.4, 0.5) is 8.78 Å². The van der Waals surface area contributed by atoms with Crippen molar-refractivity contribution in [1.82, 2.24) is 5.32 Å². The standard InChI is InChI=1S/C13H18F2N2O3.ClH/c1-19-10(8-16)7-13(18)17-4-5-20-9-2-3-11(14)12(15)6-9;/h2-3,6,10H,4-5,7-8,16H2,1H3,(H,17,18);1H. The minimum absolute atomic E-state index is 0. The first-order chi connectivity index (χ1) is 9.56. The maximum Gasteiger partial charge on any atom is 0.222 e. The van der Waals surface area contributed by atoms with Crippen molar-refractivity contribution < 1.29 is 23.0 Å². The highest BCUT2D eigenvalue weighted by Gasteiger charge is 2.10. The predicted octanol–water partition coefficient (Wildman–Crippen LogP) is 1.25. The van der Waals surface area contributed by atoms with Crippen LogP contribution in [0.3, 0.4) is 0 Å². The average molecular weight is 325 g/mol. The average Bonchev–Trinajstić information content (AvgIpc) is 2.44. The van der Waals surface area contributed by atoms with Crippen LogP contribution in [0.1, 0.15) is 6.42 Å². The van der Waals surface area contributed by atoms with Gasteiger partial charge in [-0.3, -0.25) is 4.79 Å². The second kappa shape index (κ2) is 10.3. The highest BCUT2D eigenvalue weighted by atomic mass is 35.5. The third-order valence-electron chi connectivity index (χ3n) is 2.59. The van der Waals surface area contributed by atoms with Crippen molar-refractivity contribution in [2.45, 2.75) is 12.5 Å². The zero-order valence-corrected chi connectivity index (χ0v) is 12.4. The largest absolute Gasteiger partial charge is 0.492 e. The molecule has 0 aromatic heterocycles. The Bertz CT molecular complexity index is 445. The number of hydrogen-bond donors (Lipinski definition) is 2. The van der Waals surface area contributed by atoms with Crippen molar-refractivity contribution in [1.29, 1.82) is 0 Å². The zero-order valence-electron chi connectivity index (χ0n) is 11.6. The fourth-order valence-electron chi connectivity index (χ4n) is 1.47. The maximum absolute atomic E-state index is 12.9. The van der Waals surface area contributed by atoms with Gasteiger partial charge in [0.1, 0.15) is 12.4 Å². The van der Waals surface area contributed by atoms with Gasteiger partial charge < -0.3 is 20.5 Å². The van der Waals surface area contributed by atoms with Crippen LogP contribution in [0.5, 0.6) is 5.75 Å². The number of rotatable bonds is 8. The Kier molecular flexibility index (Phi) is 9.60. The summed E-state index contributed by atoms with van der Waals surface area (Å²) < 4.78 is 35.7. The van der Waals surface area contributed by atoms with Gasteiger partial charge in [0, 0.05) is 19.7 Å². The number of nitrogens with one attached hydrogen (secondary N) is 1. The lowest BCUT2D eigenvalue weighted by Crippen LogP contribution is -2.34. The van der Waals surface area contributed by atoms with Crippen LogP contribution in [-0.2, 0) is 9.53 Å². The van der Waals surface area contributed by atoms with E-state index in [-0.39, 0.29) is 56.3 Å². The molecule has 1 unspecified atom stereocenters. The summed E-state index contributed by atoms with van der Waals surface area (Å²) in [6.07, 6.45) is -0.153. The number of amides is 1. The molecule has 5 nitrogen and oxygen atoms in total. The van der Waals surface area contributed by atoms with E-state index in [0.29, 0.717) is 0 Å². The lowest BCUT2D eigenvalue weighted by atomic mass is 10.2. The Morgan fingerprint density at radius 1 is 1.38 bits per heavy atom. The molecule has 0 saturated heterocycles. The van der Waals surface area contributed by atoms with Crippen LogP contribution in [-0.4, -0.2) is 38.8 Å². The summed E-state index contributed by atoms with van der Waals surface area (Å²) in [7, 11) is 1.48. The SMILES string of the molecule is COC(CN)CC(=O)NCCOc1ccc(F)c(F)c1.Cl. The molecule has 0 aliphatic rings. The highest BCUT2D eigenvalue weighted by Crippen LogP contribution is 2.14. The van der Waals surface area contributed by atoms with Crippen molar-refractivity contribution >= 4 is 18.3 Å². The number of carbonyl (C=O) groups is 1. The topological polar surface area (TPSA) is 73.6 Å². The Morgan fingerprint density at radius 2 is 2.10 bits per heavy atom. The van der Waals surface area contributed by atoms with E-state index >= 15 is 0 Å². The molecule has 1 aromatic carbocycles. The van der Waals surface area contributed by atoms with Gasteiger partial charge in [-0.25, -0.2) is 8.78 Å². The molecule has 0 spiro atoms. The van der Waals surface area contributed by atoms with Gasteiger partial charge >= 0.3 is 0 Å². The van der Waals surface area contributed by atoms with E-state index in [4.69, 9.17) is 15.2 Å². The second-order valence-electron chi connectivity index (χ2n) is 4.07. The van der Waals surface area contributed by atoms with E-state index in [1.807, 2.05) is 0 Å². The molecular formula is C13H19ClF2N2O3. The maximum atomic E-state index is 12.9. The number of nitrogens with two attached hydrogens (primary N) is 1. The number of hydrogen-bond acceptors (Lipinski definition) is 4. The minimum Gasteiger partial charge on any atom is -0.492 e. The summed E-state index contributed by atoms with van der Waals surface area (Å²) >= 11 is 0. The van der Waals surface area contributed by atoms with Crippen LogP contribution >= 0.6 is 12.4 Å². The zero-order chi connectivity index (χ0) is 15.0. The third kappa shape index (κ3) is 7.22. The van der Waals surface area contributed by atoms with Gasteiger partial charge in [0.15, 0.2) is 11.6 Å². The van der Waals surface area contributed by atoms with Gasteiger partial charge in [-0.2, -0.15) is 0 Å². The Morgan fingerprint density at radius 3 is 2.67 bits per heavy atom. The summed E-state index contributed by atoms with van der Waals surface area (Å²) in [6.45, 7) is 0.658. The van der Waals surface area contributed by atoms with Crippen LogP contribution in [0, 0.1) is 11.6 Å². The molecule has 0 aliphatic carbocycles. The van der Waals surface area contributed by atoms with Gasteiger partial charge in [0.25, 0.3) is 0 Å². The number of benzene rings is 1. The summed E-state index contributed by atoms with van der Waals surface area (Å²) in [5, 5.41) is 2.61. The molecule has 1 rings (SSSR count). The summed E-state index contributed by atoms with van der Waals surface area (Å²) in [5.74, 6) is -1.92.